The number of nitrogens with zero attached hydrogens (tertiary/aromatic N) is 1. The number of anilines is 1. The summed E-state index contributed by atoms with van der Waals surface area (Å²) in [5.41, 5.74) is 1.09. The quantitative estimate of drug-likeness (QED) is 0.821. The summed E-state index contributed by atoms with van der Waals surface area (Å²) >= 11 is 5.26. The van der Waals surface area contributed by atoms with E-state index >= 15 is 0 Å². The van der Waals surface area contributed by atoms with E-state index in [9.17, 15) is 0 Å². The summed E-state index contributed by atoms with van der Waals surface area (Å²) in [4.78, 5) is 4.64. The Labute approximate surface area is 126 Å². The van der Waals surface area contributed by atoms with Crippen molar-refractivity contribution in [1.29, 1.82) is 0 Å². The summed E-state index contributed by atoms with van der Waals surface area (Å²) in [7, 11) is 0. The van der Waals surface area contributed by atoms with E-state index in [1.165, 1.54) is 30.4 Å². The third-order valence-corrected chi connectivity index (χ3v) is 5.50. The van der Waals surface area contributed by atoms with Gasteiger partial charge in [-0.3, -0.25) is 0 Å². The summed E-state index contributed by atoms with van der Waals surface area (Å²) in [6, 6.07) is 6.26. The van der Waals surface area contributed by atoms with Crippen LogP contribution >= 0.6 is 27.3 Å². The van der Waals surface area contributed by atoms with Crippen molar-refractivity contribution in [3.05, 3.63) is 22.7 Å². The van der Waals surface area contributed by atoms with Gasteiger partial charge in [0.05, 0.1) is 10.2 Å². The maximum absolute atomic E-state index is 4.64. The molecule has 1 fully saturated rings. The number of nitrogens with one attached hydrogen (secondary N) is 1. The predicted molar refractivity (Wildman–Crippen MR) is 86.9 cm³/mol. The number of halogens is 1. The van der Waals surface area contributed by atoms with Crippen LogP contribution in [-0.4, -0.2) is 11.5 Å². The van der Waals surface area contributed by atoms with Gasteiger partial charge in [0, 0.05) is 11.0 Å². The lowest BCUT2D eigenvalue weighted by molar-refractivity contribution is 0.300. The fraction of sp³-hybridized carbons (Fsp3) is 0.533. The molecule has 0 saturated heterocycles. The first kappa shape index (κ1) is 13.4. The highest BCUT2D eigenvalue weighted by molar-refractivity contribution is 9.10. The zero-order valence-corrected chi connectivity index (χ0v) is 13.6. The van der Waals surface area contributed by atoms with Crippen molar-refractivity contribution in [3.63, 3.8) is 0 Å². The number of rotatable bonds is 3. The van der Waals surface area contributed by atoms with Crippen molar-refractivity contribution in [2.45, 2.75) is 32.6 Å². The molecule has 0 unspecified atom stereocenters. The monoisotopic (exact) mass is 338 g/mol. The van der Waals surface area contributed by atoms with Crippen molar-refractivity contribution >= 4 is 42.6 Å². The number of fused-ring (bicyclic) bond motifs is 1. The average molecular weight is 339 g/mol. The van der Waals surface area contributed by atoms with Crippen LogP contribution in [0.15, 0.2) is 22.7 Å². The maximum Gasteiger partial charge on any atom is 0.183 e. The van der Waals surface area contributed by atoms with Gasteiger partial charge in [0.1, 0.15) is 0 Å². The van der Waals surface area contributed by atoms with Crippen molar-refractivity contribution in [1.82, 2.24) is 4.98 Å². The molecule has 3 rings (SSSR count). The molecule has 1 aliphatic carbocycles. The Bertz CT molecular complexity index is 558. The van der Waals surface area contributed by atoms with Gasteiger partial charge in [0.15, 0.2) is 5.13 Å². The summed E-state index contributed by atoms with van der Waals surface area (Å²) < 4.78 is 2.37. The molecule has 1 aromatic carbocycles. The van der Waals surface area contributed by atoms with E-state index < -0.39 is 0 Å². The van der Waals surface area contributed by atoms with Crippen LogP contribution in [0.2, 0.25) is 0 Å². The zero-order chi connectivity index (χ0) is 13.2. The van der Waals surface area contributed by atoms with Crippen LogP contribution in [-0.2, 0) is 0 Å². The molecular formula is C15H19BrN2S. The van der Waals surface area contributed by atoms with E-state index in [4.69, 9.17) is 0 Å². The highest BCUT2D eigenvalue weighted by Gasteiger charge is 2.18. The van der Waals surface area contributed by atoms with Gasteiger partial charge in [-0.15, -0.1) is 0 Å². The number of thiazole rings is 1. The van der Waals surface area contributed by atoms with Crippen LogP contribution in [0.1, 0.15) is 32.6 Å². The van der Waals surface area contributed by atoms with E-state index in [2.05, 4.69) is 45.3 Å². The van der Waals surface area contributed by atoms with E-state index in [0.29, 0.717) is 0 Å². The predicted octanol–water partition coefficient (Wildman–Crippen LogP) is 5.30. The van der Waals surface area contributed by atoms with Crippen LogP contribution in [0.25, 0.3) is 10.2 Å². The van der Waals surface area contributed by atoms with Crippen molar-refractivity contribution in [2.75, 3.05) is 11.9 Å². The maximum atomic E-state index is 4.64. The van der Waals surface area contributed by atoms with Gasteiger partial charge in [0.25, 0.3) is 0 Å². The number of hydrogen-bond donors (Lipinski definition) is 1. The van der Waals surface area contributed by atoms with Crippen LogP contribution in [0, 0.1) is 11.8 Å². The summed E-state index contributed by atoms with van der Waals surface area (Å²) in [5.74, 6) is 1.76. The highest BCUT2D eigenvalue weighted by Crippen LogP contribution is 2.31. The molecule has 0 amide bonds. The van der Waals surface area contributed by atoms with Crippen LogP contribution in [0.3, 0.4) is 0 Å². The molecule has 1 saturated carbocycles. The normalized spacial score (nSPS) is 23.7. The third-order valence-electron chi connectivity index (χ3n) is 4.03. The van der Waals surface area contributed by atoms with Gasteiger partial charge in [0.2, 0.25) is 0 Å². The summed E-state index contributed by atoms with van der Waals surface area (Å²) in [5, 5.41) is 4.59. The number of aromatic nitrogens is 1. The van der Waals surface area contributed by atoms with Gasteiger partial charge in [-0.2, -0.15) is 0 Å². The third kappa shape index (κ3) is 3.29. The molecule has 102 valence electrons. The Morgan fingerprint density at radius 3 is 2.89 bits per heavy atom. The number of hydrogen-bond acceptors (Lipinski definition) is 3. The molecule has 1 N–H and O–H groups in total. The first-order valence-electron chi connectivity index (χ1n) is 7.00. The number of benzene rings is 1. The SMILES string of the molecule is CC1CCC(CNc2nc3ccc(Br)cc3s2)CC1. The molecule has 0 spiro atoms. The van der Waals surface area contributed by atoms with Crippen molar-refractivity contribution < 1.29 is 0 Å². The van der Waals surface area contributed by atoms with Gasteiger partial charge in [-0.05, 0) is 42.9 Å². The van der Waals surface area contributed by atoms with Crippen LogP contribution in [0.5, 0.6) is 0 Å². The molecule has 2 aromatic rings. The zero-order valence-electron chi connectivity index (χ0n) is 11.2. The Morgan fingerprint density at radius 2 is 2.11 bits per heavy atom. The Hall–Kier alpha value is -0.610. The molecule has 0 atom stereocenters. The average Bonchev–Trinajstić information content (AvgIpc) is 2.80. The smallest absolute Gasteiger partial charge is 0.183 e. The molecular weight excluding hydrogens is 320 g/mol. The second-order valence-electron chi connectivity index (χ2n) is 5.64. The lowest BCUT2D eigenvalue weighted by atomic mass is 9.83. The molecule has 1 aromatic heterocycles. The fourth-order valence-corrected chi connectivity index (χ4v) is 4.16. The Morgan fingerprint density at radius 1 is 1.32 bits per heavy atom. The molecule has 19 heavy (non-hydrogen) atoms. The van der Waals surface area contributed by atoms with E-state index in [1.54, 1.807) is 11.3 Å². The van der Waals surface area contributed by atoms with Gasteiger partial charge in [-0.1, -0.05) is 47.0 Å². The largest absolute Gasteiger partial charge is 0.361 e. The van der Waals surface area contributed by atoms with Gasteiger partial charge in [-0.25, -0.2) is 4.98 Å². The molecule has 1 heterocycles. The van der Waals surface area contributed by atoms with Crippen LogP contribution < -0.4 is 5.32 Å². The standard InChI is InChI=1S/C15H19BrN2S/c1-10-2-4-11(5-3-10)9-17-15-18-13-7-6-12(16)8-14(13)19-15/h6-8,10-11H,2-5,9H2,1H3,(H,17,18). The minimum absolute atomic E-state index is 0.829. The first-order valence-corrected chi connectivity index (χ1v) is 8.61. The minimum atomic E-state index is 0.829. The molecule has 4 heteroatoms. The fourth-order valence-electron chi connectivity index (χ4n) is 2.74. The molecule has 2 nitrogen and oxygen atoms in total. The Kier molecular flexibility index (Phi) is 4.08. The second-order valence-corrected chi connectivity index (χ2v) is 7.58. The Balaban J connectivity index is 1.62. The lowest BCUT2D eigenvalue weighted by Gasteiger charge is -2.26. The molecule has 1 aliphatic rings. The molecule has 0 bridgehead atoms. The first-order chi connectivity index (χ1) is 9.20. The second kappa shape index (κ2) is 5.80. The van der Waals surface area contributed by atoms with Crippen molar-refractivity contribution in [2.24, 2.45) is 11.8 Å². The summed E-state index contributed by atoms with van der Waals surface area (Å²) in [6.45, 7) is 3.45. The van der Waals surface area contributed by atoms with E-state index in [-0.39, 0.29) is 0 Å². The van der Waals surface area contributed by atoms with Crippen molar-refractivity contribution in [3.8, 4) is 0 Å². The molecule has 0 radical (unpaired) electrons. The molecule has 0 aliphatic heterocycles. The van der Waals surface area contributed by atoms with E-state index in [1.807, 2.05) is 6.07 Å². The van der Waals surface area contributed by atoms with Crippen LogP contribution in [0.4, 0.5) is 5.13 Å². The topological polar surface area (TPSA) is 24.9 Å². The van der Waals surface area contributed by atoms with Gasteiger partial charge < -0.3 is 5.32 Å². The van der Waals surface area contributed by atoms with E-state index in [0.717, 1.165) is 33.5 Å². The lowest BCUT2D eigenvalue weighted by Crippen LogP contribution is -2.20. The van der Waals surface area contributed by atoms with Gasteiger partial charge >= 0.3 is 0 Å². The highest BCUT2D eigenvalue weighted by atomic mass is 79.9. The minimum Gasteiger partial charge on any atom is -0.361 e. The summed E-state index contributed by atoms with van der Waals surface area (Å²) in [6.07, 6.45) is 5.51.